The summed E-state index contributed by atoms with van der Waals surface area (Å²) in [5, 5.41) is 7.21. The molecule has 0 saturated heterocycles. The Bertz CT molecular complexity index is 634. The minimum absolute atomic E-state index is 0.317. The van der Waals surface area contributed by atoms with Gasteiger partial charge in [0.2, 0.25) is 5.95 Å². The first-order chi connectivity index (χ1) is 11.1. The van der Waals surface area contributed by atoms with E-state index in [9.17, 15) is 0 Å². The van der Waals surface area contributed by atoms with Crippen LogP contribution in [0.25, 0.3) is 0 Å². The summed E-state index contributed by atoms with van der Waals surface area (Å²) in [5.41, 5.74) is 3.01. The average Bonchev–Trinajstić information content (AvgIpc) is 2.52. The smallest absolute Gasteiger partial charge is 0.227 e. The number of aromatic nitrogens is 2. The van der Waals surface area contributed by atoms with E-state index in [0.29, 0.717) is 23.5 Å². The molecule has 6 heteroatoms. The van der Waals surface area contributed by atoms with Crippen molar-refractivity contribution in [3.05, 3.63) is 46.7 Å². The Kier molecular flexibility index (Phi) is 6.77. The Labute approximate surface area is 142 Å². The normalized spacial score (nSPS) is 11.0. The van der Waals surface area contributed by atoms with Crippen LogP contribution in [0.2, 0.25) is 5.02 Å². The molecule has 0 aliphatic carbocycles. The Balaban J connectivity index is 2.11. The third-order valence-corrected chi connectivity index (χ3v) is 3.56. The third-order valence-electron chi connectivity index (χ3n) is 3.32. The first-order valence-corrected chi connectivity index (χ1v) is 8.06. The van der Waals surface area contributed by atoms with E-state index in [2.05, 4.69) is 34.4 Å². The van der Waals surface area contributed by atoms with Gasteiger partial charge >= 0.3 is 0 Å². The topological polar surface area (TPSA) is 59.1 Å². The molecular formula is C17H23ClN4O. The highest BCUT2D eigenvalue weighted by atomic mass is 35.5. The van der Waals surface area contributed by atoms with Crippen molar-refractivity contribution in [3.8, 4) is 0 Å². The fraction of sp³-hybridized carbons (Fsp3) is 0.412. The van der Waals surface area contributed by atoms with Gasteiger partial charge in [0.05, 0.1) is 12.3 Å². The lowest BCUT2D eigenvalue weighted by molar-refractivity contribution is 0.199. The third kappa shape index (κ3) is 5.46. The number of anilines is 2. The fourth-order valence-electron chi connectivity index (χ4n) is 2.21. The molecule has 0 aliphatic rings. The van der Waals surface area contributed by atoms with Crippen LogP contribution in [0.5, 0.6) is 0 Å². The van der Waals surface area contributed by atoms with Gasteiger partial charge in [-0.3, -0.25) is 0 Å². The zero-order valence-electron chi connectivity index (χ0n) is 13.8. The van der Waals surface area contributed by atoms with Crippen molar-refractivity contribution in [2.24, 2.45) is 0 Å². The molecule has 0 atom stereocenters. The zero-order chi connectivity index (χ0) is 16.7. The van der Waals surface area contributed by atoms with Crippen molar-refractivity contribution in [1.29, 1.82) is 0 Å². The Morgan fingerprint density at radius 3 is 2.83 bits per heavy atom. The van der Waals surface area contributed by atoms with Crippen molar-refractivity contribution < 1.29 is 4.74 Å². The maximum atomic E-state index is 6.00. The Morgan fingerprint density at radius 1 is 1.30 bits per heavy atom. The minimum atomic E-state index is 0.317. The van der Waals surface area contributed by atoms with Gasteiger partial charge in [0, 0.05) is 42.7 Å². The quantitative estimate of drug-likeness (QED) is 0.720. The van der Waals surface area contributed by atoms with E-state index in [4.69, 9.17) is 16.3 Å². The van der Waals surface area contributed by atoms with E-state index < -0.39 is 0 Å². The van der Waals surface area contributed by atoms with Crippen LogP contribution in [0.4, 0.5) is 11.6 Å². The standard InChI is InChI=1S/C17H23ClN4O/c1-12(2)16-13(10-19-7-8-23-3)11-20-17(22-16)21-15-6-4-5-14(18)9-15/h4-6,9,11-12,19H,7-8,10H2,1-3H3,(H,20,21,22). The second-order valence-corrected chi connectivity index (χ2v) is 6.00. The SMILES string of the molecule is COCCNCc1cnc(Nc2cccc(Cl)c2)nc1C(C)C. The monoisotopic (exact) mass is 334 g/mol. The summed E-state index contributed by atoms with van der Waals surface area (Å²) in [6.45, 7) is 6.48. The number of hydrogen-bond donors (Lipinski definition) is 2. The van der Waals surface area contributed by atoms with E-state index >= 15 is 0 Å². The number of halogens is 1. The molecule has 0 bridgehead atoms. The molecule has 5 nitrogen and oxygen atoms in total. The largest absolute Gasteiger partial charge is 0.383 e. The van der Waals surface area contributed by atoms with Gasteiger partial charge in [-0.2, -0.15) is 0 Å². The zero-order valence-corrected chi connectivity index (χ0v) is 14.5. The molecule has 1 aromatic heterocycles. The molecule has 0 saturated carbocycles. The highest BCUT2D eigenvalue weighted by molar-refractivity contribution is 6.30. The predicted octanol–water partition coefficient (Wildman–Crippen LogP) is 3.73. The summed E-state index contributed by atoms with van der Waals surface area (Å²) in [7, 11) is 1.70. The number of nitrogens with one attached hydrogen (secondary N) is 2. The van der Waals surface area contributed by atoms with Crippen LogP contribution in [0.15, 0.2) is 30.5 Å². The maximum absolute atomic E-state index is 6.00. The molecule has 2 aromatic rings. The molecular weight excluding hydrogens is 312 g/mol. The van der Waals surface area contributed by atoms with Crippen LogP contribution in [0, 0.1) is 0 Å². The van der Waals surface area contributed by atoms with Gasteiger partial charge < -0.3 is 15.4 Å². The number of benzene rings is 1. The number of nitrogens with zero attached hydrogens (tertiary/aromatic N) is 2. The Morgan fingerprint density at radius 2 is 2.13 bits per heavy atom. The fourth-order valence-corrected chi connectivity index (χ4v) is 2.40. The van der Waals surface area contributed by atoms with Crippen LogP contribution < -0.4 is 10.6 Å². The Hall–Kier alpha value is -1.69. The molecule has 1 aromatic carbocycles. The lowest BCUT2D eigenvalue weighted by Crippen LogP contribution is -2.20. The van der Waals surface area contributed by atoms with Crippen molar-refractivity contribution in [2.45, 2.75) is 26.3 Å². The van der Waals surface area contributed by atoms with Crippen LogP contribution in [0.3, 0.4) is 0 Å². The van der Waals surface area contributed by atoms with Crippen LogP contribution >= 0.6 is 11.6 Å². The molecule has 2 N–H and O–H groups in total. The molecule has 1 heterocycles. The molecule has 2 rings (SSSR count). The highest BCUT2D eigenvalue weighted by Gasteiger charge is 2.11. The van der Waals surface area contributed by atoms with Gasteiger partial charge in [0.1, 0.15) is 0 Å². The van der Waals surface area contributed by atoms with Gasteiger partial charge in [0.15, 0.2) is 0 Å². The first-order valence-electron chi connectivity index (χ1n) is 7.68. The van der Waals surface area contributed by atoms with E-state index in [1.165, 1.54) is 0 Å². The average molecular weight is 335 g/mol. The van der Waals surface area contributed by atoms with Gasteiger partial charge in [0.25, 0.3) is 0 Å². The molecule has 124 valence electrons. The van der Waals surface area contributed by atoms with Gasteiger partial charge in [-0.05, 0) is 24.1 Å². The highest BCUT2D eigenvalue weighted by Crippen LogP contribution is 2.21. The van der Waals surface area contributed by atoms with Crippen molar-refractivity contribution in [1.82, 2.24) is 15.3 Å². The molecule has 0 spiro atoms. The van der Waals surface area contributed by atoms with E-state index in [1.807, 2.05) is 30.5 Å². The minimum Gasteiger partial charge on any atom is -0.383 e. The predicted molar refractivity (Wildman–Crippen MR) is 94.4 cm³/mol. The van der Waals surface area contributed by atoms with E-state index in [-0.39, 0.29) is 0 Å². The molecule has 0 fully saturated rings. The summed E-state index contributed by atoms with van der Waals surface area (Å²) in [5.74, 6) is 0.897. The lowest BCUT2D eigenvalue weighted by atomic mass is 10.1. The second kappa shape index (κ2) is 8.82. The maximum Gasteiger partial charge on any atom is 0.227 e. The van der Waals surface area contributed by atoms with Gasteiger partial charge in [-0.1, -0.05) is 31.5 Å². The summed E-state index contributed by atoms with van der Waals surface area (Å²) in [6, 6.07) is 7.51. The van der Waals surface area contributed by atoms with Gasteiger partial charge in [-0.25, -0.2) is 9.97 Å². The number of rotatable bonds is 8. The molecule has 0 amide bonds. The van der Waals surface area contributed by atoms with Gasteiger partial charge in [-0.15, -0.1) is 0 Å². The summed E-state index contributed by atoms with van der Waals surface area (Å²) < 4.78 is 5.04. The summed E-state index contributed by atoms with van der Waals surface area (Å²) in [4.78, 5) is 9.07. The van der Waals surface area contributed by atoms with Crippen LogP contribution in [-0.2, 0) is 11.3 Å². The summed E-state index contributed by atoms with van der Waals surface area (Å²) in [6.07, 6.45) is 1.87. The van der Waals surface area contributed by atoms with Crippen molar-refractivity contribution in [3.63, 3.8) is 0 Å². The first kappa shape index (κ1) is 17.7. The summed E-state index contributed by atoms with van der Waals surface area (Å²) >= 11 is 6.00. The number of methoxy groups -OCH3 is 1. The second-order valence-electron chi connectivity index (χ2n) is 5.56. The number of hydrogen-bond acceptors (Lipinski definition) is 5. The molecule has 0 unspecified atom stereocenters. The molecule has 23 heavy (non-hydrogen) atoms. The van der Waals surface area contributed by atoms with E-state index in [1.54, 1.807) is 7.11 Å². The van der Waals surface area contributed by atoms with Crippen molar-refractivity contribution in [2.75, 3.05) is 25.6 Å². The molecule has 0 radical (unpaired) electrons. The van der Waals surface area contributed by atoms with Crippen molar-refractivity contribution >= 4 is 23.2 Å². The van der Waals surface area contributed by atoms with E-state index in [0.717, 1.165) is 30.0 Å². The lowest BCUT2D eigenvalue weighted by Gasteiger charge is -2.14. The molecule has 0 aliphatic heterocycles. The van der Waals surface area contributed by atoms with Crippen LogP contribution in [-0.4, -0.2) is 30.2 Å². The number of ether oxygens (including phenoxy) is 1. The van der Waals surface area contributed by atoms with Crippen LogP contribution in [0.1, 0.15) is 31.0 Å².